The van der Waals surface area contributed by atoms with Crippen LogP contribution in [-0.2, 0) is 0 Å². The highest BCUT2D eigenvalue weighted by Crippen LogP contribution is 2.35. The molecule has 21 heavy (non-hydrogen) atoms. The number of aromatic nitrogens is 4. The first-order valence-electron chi connectivity index (χ1n) is 6.38. The molecule has 1 N–H and O–H groups in total. The molecule has 104 valence electrons. The normalized spacial score (nSPS) is 17.0. The van der Waals surface area contributed by atoms with Gasteiger partial charge in [-0.25, -0.2) is 0 Å². The number of nitrogens with zero attached hydrogens (tertiary/aromatic N) is 4. The third kappa shape index (κ3) is 2.12. The first-order chi connectivity index (χ1) is 10.3. The number of rotatable bonds is 2. The van der Waals surface area contributed by atoms with Gasteiger partial charge in [-0.15, -0.1) is 11.3 Å². The SMILES string of the molecule is Clc1ccccc1[C@@H]1C=C(c2cccs2)Nc2nnnn21. The summed E-state index contributed by atoms with van der Waals surface area (Å²) in [7, 11) is 0. The molecule has 1 aliphatic heterocycles. The molecule has 5 nitrogen and oxygen atoms in total. The zero-order valence-electron chi connectivity index (χ0n) is 10.8. The van der Waals surface area contributed by atoms with Gasteiger partial charge in [0, 0.05) is 5.02 Å². The summed E-state index contributed by atoms with van der Waals surface area (Å²) in [5.41, 5.74) is 1.97. The van der Waals surface area contributed by atoms with Crippen LogP contribution in [0.1, 0.15) is 16.5 Å². The Kier molecular flexibility index (Phi) is 2.98. The van der Waals surface area contributed by atoms with Crippen molar-refractivity contribution in [3.63, 3.8) is 0 Å². The minimum Gasteiger partial charge on any atom is -0.322 e. The first-order valence-corrected chi connectivity index (χ1v) is 7.64. The number of allylic oxidation sites excluding steroid dienone is 1. The molecule has 3 heterocycles. The van der Waals surface area contributed by atoms with Crippen LogP contribution in [0.5, 0.6) is 0 Å². The highest BCUT2D eigenvalue weighted by molar-refractivity contribution is 7.11. The lowest BCUT2D eigenvalue weighted by Gasteiger charge is -2.23. The van der Waals surface area contributed by atoms with Crippen molar-refractivity contribution < 1.29 is 0 Å². The second-order valence-corrected chi connectivity index (χ2v) is 5.95. The third-order valence-electron chi connectivity index (χ3n) is 3.34. The molecule has 3 aromatic rings. The van der Waals surface area contributed by atoms with Gasteiger partial charge in [0.25, 0.3) is 0 Å². The van der Waals surface area contributed by atoms with Crippen molar-refractivity contribution in [2.45, 2.75) is 6.04 Å². The Morgan fingerprint density at radius 2 is 2.10 bits per heavy atom. The summed E-state index contributed by atoms with van der Waals surface area (Å²) in [5.74, 6) is 0.616. The maximum Gasteiger partial charge on any atom is 0.248 e. The Hall–Kier alpha value is -2.18. The lowest BCUT2D eigenvalue weighted by molar-refractivity contribution is 0.586. The maximum absolute atomic E-state index is 6.33. The number of nitrogens with one attached hydrogen (secondary N) is 1. The molecule has 0 aliphatic carbocycles. The molecule has 4 rings (SSSR count). The van der Waals surface area contributed by atoms with Crippen LogP contribution in [0.15, 0.2) is 47.9 Å². The molecule has 0 fully saturated rings. The molecule has 0 unspecified atom stereocenters. The molecule has 0 saturated heterocycles. The van der Waals surface area contributed by atoms with Crippen LogP contribution < -0.4 is 5.32 Å². The van der Waals surface area contributed by atoms with Crippen molar-refractivity contribution >= 4 is 34.6 Å². The Bertz CT molecular complexity index is 808. The number of tetrazole rings is 1. The molecular weight excluding hydrogens is 306 g/mol. The number of anilines is 1. The summed E-state index contributed by atoms with van der Waals surface area (Å²) < 4.78 is 1.73. The van der Waals surface area contributed by atoms with Gasteiger partial charge in [-0.1, -0.05) is 41.0 Å². The molecule has 1 aliphatic rings. The Labute approximate surface area is 129 Å². The standard InChI is InChI=1S/C14H10ClN5S/c15-10-5-2-1-4-9(10)12-8-11(13-6-3-7-21-13)16-14-17-18-19-20(12)14/h1-8,12H,(H,16,17,19)/t12-/m0/s1. The van der Waals surface area contributed by atoms with Crippen LogP contribution in [0.4, 0.5) is 5.95 Å². The fourth-order valence-electron chi connectivity index (χ4n) is 2.37. The van der Waals surface area contributed by atoms with E-state index in [0.29, 0.717) is 11.0 Å². The average Bonchev–Trinajstić information content (AvgIpc) is 3.18. The van der Waals surface area contributed by atoms with Crippen LogP contribution >= 0.6 is 22.9 Å². The van der Waals surface area contributed by atoms with E-state index in [1.54, 1.807) is 16.0 Å². The maximum atomic E-state index is 6.33. The highest BCUT2D eigenvalue weighted by Gasteiger charge is 2.25. The summed E-state index contributed by atoms with van der Waals surface area (Å²) in [4.78, 5) is 1.14. The van der Waals surface area contributed by atoms with Gasteiger partial charge in [-0.2, -0.15) is 4.68 Å². The van der Waals surface area contributed by atoms with E-state index in [4.69, 9.17) is 11.6 Å². The quantitative estimate of drug-likeness (QED) is 0.787. The smallest absolute Gasteiger partial charge is 0.248 e. The number of halogens is 1. The lowest BCUT2D eigenvalue weighted by atomic mass is 10.0. The van der Waals surface area contributed by atoms with Gasteiger partial charge in [0.2, 0.25) is 5.95 Å². The second-order valence-electron chi connectivity index (χ2n) is 4.60. The van der Waals surface area contributed by atoms with Crippen LogP contribution in [0.2, 0.25) is 5.02 Å². The zero-order valence-corrected chi connectivity index (χ0v) is 12.3. The molecule has 1 atom stereocenters. The van der Waals surface area contributed by atoms with E-state index < -0.39 is 0 Å². The van der Waals surface area contributed by atoms with Gasteiger partial charge in [0.15, 0.2) is 0 Å². The van der Waals surface area contributed by atoms with Crippen LogP contribution in [0.3, 0.4) is 0 Å². The number of benzene rings is 1. The van der Waals surface area contributed by atoms with E-state index in [1.807, 2.05) is 35.7 Å². The molecule has 2 aromatic heterocycles. The van der Waals surface area contributed by atoms with E-state index in [2.05, 4.69) is 33.0 Å². The van der Waals surface area contributed by atoms with Crippen molar-refractivity contribution in [1.82, 2.24) is 20.2 Å². The summed E-state index contributed by atoms with van der Waals surface area (Å²) in [6.07, 6.45) is 2.09. The molecule has 7 heteroatoms. The fourth-order valence-corrected chi connectivity index (χ4v) is 3.32. The van der Waals surface area contributed by atoms with Crippen molar-refractivity contribution in [1.29, 1.82) is 0 Å². The van der Waals surface area contributed by atoms with Gasteiger partial charge in [-0.3, -0.25) is 0 Å². The number of hydrogen-bond donors (Lipinski definition) is 1. The van der Waals surface area contributed by atoms with E-state index in [-0.39, 0.29) is 6.04 Å². The zero-order chi connectivity index (χ0) is 14.2. The molecular formula is C14H10ClN5S. The summed E-state index contributed by atoms with van der Waals surface area (Å²) in [5, 5.41) is 17.8. The van der Waals surface area contributed by atoms with Crippen LogP contribution in [-0.4, -0.2) is 20.2 Å². The Morgan fingerprint density at radius 3 is 2.90 bits per heavy atom. The van der Waals surface area contributed by atoms with E-state index in [0.717, 1.165) is 16.1 Å². The minimum atomic E-state index is -0.123. The van der Waals surface area contributed by atoms with Crippen LogP contribution in [0, 0.1) is 0 Å². The molecule has 0 spiro atoms. The second kappa shape index (κ2) is 4.98. The van der Waals surface area contributed by atoms with Crippen molar-refractivity contribution in [3.8, 4) is 0 Å². The van der Waals surface area contributed by atoms with Crippen LogP contribution in [0.25, 0.3) is 5.70 Å². The summed E-state index contributed by atoms with van der Waals surface area (Å²) in [6, 6.07) is 11.7. The van der Waals surface area contributed by atoms with E-state index in [9.17, 15) is 0 Å². The van der Waals surface area contributed by atoms with E-state index in [1.165, 1.54) is 0 Å². The monoisotopic (exact) mass is 315 g/mol. The lowest BCUT2D eigenvalue weighted by Crippen LogP contribution is -2.20. The van der Waals surface area contributed by atoms with Gasteiger partial charge in [0.05, 0.1) is 10.6 Å². The van der Waals surface area contributed by atoms with Gasteiger partial charge >= 0.3 is 0 Å². The predicted molar refractivity (Wildman–Crippen MR) is 83.3 cm³/mol. The third-order valence-corrected chi connectivity index (χ3v) is 4.59. The number of thiophene rings is 1. The first kappa shape index (κ1) is 12.6. The van der Waals surface area contributed by atoms with Gasteiger partial charge < -0.3 is 5.32 Å². The van der Waals surface area contributed by atoms with Crippen molar-refractivity contribution in [2.24, 2.45) is 0 Å². The molecule has 0 amide bonds. The number of hydrogen-bond acceptors (Lipinski definition) is 5. The summed E-state index contributed by atoms with van der Waals surface area (Å²) in [6.45, 7) is 0. The molecule has 0 saturated carbocycles. The van der Waals surface area contributed by atoms with Gasteiger partial charge in [-0.05, 0) is 39.6 Å². The molecule has 0 bridgehead atoms. The summed E-state index contributed by atoms with van der Waals surface area (Å²) >= 11 is 8.00. The number of fused-ring (bicyclic) bond motifs is 1. The predicted octanol–water partition coefficient (Wildman–Crippen LogP) is 3.44. The van der Waals surface area contributed by atoms with E-state index >= 15 is 0 Å². The average molecular weight is 316 g/mol. The minimum absolute atomic E-state index is 0.123. The highest BCUT2D eigenvalue weighted by atomic mass is 35.5. The van der Waals surface area contributed by atoms with Gasteiger partial charge in [0.1, 0.15) is 6.04 Å². The van der Waals surface area contributed by atoms with Crippen molar-refractivity contribution in [2.75, 3.05) is 5.32 Å². The largest absolute Gasteiger partial charge is 0.322 e. The van der Waals surface area contributed by atoms with Crippen molar-refractivity contribution in [3.05, 3.63) is 63.3 Å². The topological polar surface area (TPSA) is 55.6 Å². The fraction of sp³-hybridized carbons (Fsp3) is 0.0714. The Balaban J connectivity index is 1.87. The molecule has 0 radical (unpaired) electrons. The Morgan fingerprint density at radius 1 is 1.19 bits per heavy atom. The molecule has 1 aromatic carbocycles.